The molecule has 0 spiro atoms. The summed E-state index contributed by atoms with van der Waals surface area (Å²) in [6, 6.07) is 0. The van der Waals surface area contributed by atoms with Gasteiger partial charge in [0.25, 0.3) is 0 Å². The summed E-state index contributed by atoms with van der Waals surface area (Å²) >= 11 is 0. The second-order valence-corrected chi connectivity index (χ2v) is 2.96. The van der Waals surface area contributed by atoms with Crippen molar-refractivity contribution in [2.24, 2.45) is 10.9 Å². The number of aliphatic imine (C=N–C) groups is 1. The van der Waals surface area contributed by atoms with E-state index in [1.165, 1.54) is 0 Å². The molecule has 1 nitrogen and oxygen atoms in total. The molecular formula is C9H17N. The molecule has 58 valence electrons. The molecule has 0 saturated heterocycles. The number of rotatable bonds is 3. The lowest BCUT2D eigenvalue weighted by atomic mass is 10.2. The number of nitrogens with zero attached hydrogens (tertiary/aromatic N) is 1. The highest BCUT2D eigenvalue weighted by Gasteiger charge is 1.81. The summed E-state index contributed by atoms with van der Waals surface area (Å²) < 4.78 is 0. The molecule has 1 heteroatoms. The highest BCUT2D eigenvalue weighted by Crippen LogP contribution is 1.92. The van der Waals surface area contributed by atoms with Crippen molar-refractivity contribution < 1.29 is 0 Å². The van der Waals surface area contributed by atoms with Crippen LogP contribution in [0.2, 0.25) is 0 Å². The maximum Gasteiger partial charge on any atom is 0.0569 e. The van der Waals surface area contributed by atoms with Gasteiger partial charge in [0.1, 0.15) is 0 Å². The van der Waals surface area contributed by atoms with Gasteiger partial charge in [-0.15, -0.1) is 0 Å². The summed E-state index contributed by atoms with van der Waals surface area (Å²) in [7, 11) is 0. The van der Waals surface area contributed by atoms with Gasteiger partial charge in [-0.3, -0.25) is 4.99 Å². The van der Waals surface area contributed by atoms with Gasteiger partial charge in [0, 0.05) is 5.71 Å². The first kappa shape index (κ1) is 9.41. The molecule has 0 unspecified atom stereocenters. The number of hydrogen-bond acceptors (Lipinski definition) is 1. The summed E-state index contributed by atoms with van der Waals surface area (Å²) in [5.41, 5.74) is 1.15. The van der Waals surface area contributed by atoms with Gasteiger partial charge in [0.2, 0.25) is 0 Å². The van der Waals surface area contributed by atoms with Crippen LogP contribution in [0.5, 0.6) is 0 Å². The molecule has 0 aromatic carbocycles. The van der Waals surface area contributed by atoms with Gasteiger partial charge in [0.15, 0.2) is 0 Å². The van der Waals surface area contributed by atoms with Crippen molar-refractivity contribution in [3.63, 3.8) is 0 Å². The smallest absolute Gasteiger partial charge is 0.0569 e. The molecule has 0 rings (SSSR count). The molecule has 0 heterocycles. The molecule has 0 aromatic rings. The minimum Gasteiger partial charge on any atom is -0.291 e. The lowest BCUT2D eigenvalue weighted by Gasteiger charge is -1.91. The predicted octanol–water partition coefficient (Wildman–Crippen LogP) is 2.68. The van der Waals surface area contributed by atoms with Crippen molar-refractivity contribution in [1.29, 1.82) is 0 Å². The quantitative estimate of drug-likeness (QED) is 0.421. The molecule has 0 aliphatic carbocycles. The lowest BCUT2D eigenvalue weighted by molar-refractivity contribution is 0.828. The van der Waals surface area contributed by atoms with E-state index in [0.717, 1.165) is 12.3 Å². The second kappa shape index (κ2) is 5.21. The predicted molar refractivity (Wildman–Crippen MR) is 47.6 cm³/mol. The Morgan fingerprint density at radius 1 is 1.40 bits per heavy atom. The maximum absolute atomic E-state index is 4.23. The van der Waals surface area contributed by atoms with E-state index in [1.54, 1.807) is 0 Å². The molecule has 0 aliphatic rings. The van der Waals surface area contributed by atoms with Crippen LogP contribution < -0.4 is 0 Å². The third-order valence-corrected chi connectivity index (χ3v) is 1.03. The Kier molecular flexibility index (Phi) is 4.91. The van der Waals surface area contributed by atoms with Crippen LogP contribution in [0.4, 0.5) is 0 Å². The van der Waals surface area contributed by atoms with E-state index < -0.39 is 0 Å². The van der Waals surface area contributed by atoms with Crippen LogP contribution in [-0.2, 0) is 0 Å². The third-order valence-electron chi connectivity index (χ3n) is 1.03. The van der Waals surface area contributed by atoms with Crippen molar-refractivity contribution >= 4 is 5.71 Å². The summed E-state index contributed by atoms with van der Waals surface area (Å²) in [6.45, 7) is 9.20. The van der Waals surface area contributed by atoms with Gasteiger partial charge < -0.3 is 0 Å². The van der Waals surface area contributed by atoms with Crippen LogP contribution in [0.1, 0.15) is 27.7 Å². The van der Waals surface area contributed by atoms with Crippen molar-refractivity contribution in [3.05, 3.63) is 12.2 Å². The number of hydrogen-bond donors (Lipinski definition) is 0. The van der Waals surface area contributed by atoms with E-state index >= 15 is 0 Å². The summed E-state index contributed by atoms with van der Waals surface area (Å²) in [6.07, 6.45) is 4.28. The van der Waals surface area contributed by atoms with Crippen molar-refractivity contribution in [3.8, 4) is 0 Å². The Morgan fingerprint density at radius 2 is 2.00 bits per heavy atom. The molecule has 0 aliphatic heterocycles. The van der Waals surface area contributed by atoms with Crippen LogP contribution in [0, 0.1) is 5.92 Å². The Morgan fingerprint density at radius 3 is 2.40 bits per heavy atom. The lowest BCUT2D eigenvalue weighted by Crippen LogP contribution is -1.84. The van der Waals surface area contributed by atoms with E-state index in [-0.39, 0.29) is 0 Å². The normalized spacial score (nSPS) is 10.9. The third kappa shape index (κ3) is 7.41. The van der Waals surface area contributed by atoms with Gasteiger partial charge in [-0.1, -0.05) is 26.0 Å². The first-order valence-corrected chi connectivity index (χ1v) is 3.77. The largest absolute Gasteiger partial charge is 0.291 e. The van der Waals surface area contributed by atoms with E-state index in [2.05, 4.69) is 31.0 Å². The van der Waals surface area contributed by atoms with Crippen molar-refractivity contribution in [2.45, 2.75) is 27.7 Å². The number of allylic oxidation sites excluding steroid dienone is 1. The Hall–Kier alpha value is -0.590. The monoisotopic (exact) mass is 139 g/mol. The van der Waals surface area contributed by atoms with Crippen LogP contribution in [0.3, 0.4) is 0 Å². The molecule has 0 bridgehead atoms. The molecule has 0 saturated carbocycles. The van der Waals surface area contributed by atoms with Crippen LogP contribution in [0.15, 0.2) is 17.1 Å². The highest BCUT2D eigenvalue weighted by atomic mass is 14.7. The molecular weight excluding hydrogens is 122 g/mol. The van der Waals surface area contributed by atoms with Crippen molar-refractivity contribution in [2.75, 3.05) is 6.54 Å². The summed E-state index contributed by atoms with van der Waals surface area (Å²) in [5, 5.41) is 0. The molecule has 10 heavy (non-hydrogen) atoms. The van der Waals surface area contributed by atoms with E-state index in [4.69, 9.17) is 0 Å². The second-order valence-electron chi connectivity index (χ2n) is 2.96. The first-order valence-electron chi connectivity index (χ1n) is 3.77. The minimum atomic E-state index is 0.646. The van der Waals surface area contributed by atoms with Gasteiger partial charge in [-0.25, -0.2) is 0 Å². The molecule has 0 radical (unpaired) electrons. The average molecular weight is 139 g/mol. The standard InChI is InChI=1S/C9H17N/c1-8(2)6-5-7-10-9(3)4/h5-6,8H,7H2,1-4H3. The topological polar surface area (TPSA) is 12.4 Å². The molecule has 0 fully saturated rings. The Bertz CT molecular complexity index is 128. The fourth-order valence-electron chi connectivity index (χ4n) is 0.568. The van der Waals surface area contributed by atoms with E-state index in [1.807, 2.05) is 13.8 Å². The maximum atomic E-state index is 4.23. The Balaban J connectivity index is 3.45. The molecule has 0 N–H and O–H groups in total. The average Bonchev–Trinajstić information content (AvgIpc) is 1.79. The molecule has 0 amide bonds. The molecule has 0 aromatic heterocycles. The van der Waals surface area contributed by atoms with Crippen LogP contribution >= 0.6 is 0 Å². The van der Waals surface area contributed by atoms with Gasteiger partial charge in [-0.05, 0) is 19.8 Å². The van der Waals surface area contributed by atoms with E-state index in [9.17, 15) is 0 Å². The van der Waals surface area contributed by atoms with Gasteiger partial charge in [0.05, 0.1) is 6.54 Å². The van der Waals surface area contributed by atoms with Gasteiger partial charge >= 0.3 is 0 Å². The van der Waals surface area contributed by atoms with Crippen LogP contribution in [-0.4, -0.2) is 12.3 Å². The SMILES string of the molecule is CC(C)=NCC=CC(C)C. The van der Waals surface area contributed by atoms with E-state index in [0.29, 0.717) is 5.92 Å². The molecule has 0 atom stereocenters. The fourth-order valence-corrected chi connectivity index (χ4v) is 0.568. The minimum absolute atomic E-state index is 0.646. The highest BCUT2D eigenvalue weighted by molar-refractivity contribution is 5.79. The van der Waals surface area contributed by atoms with Crippen LogP contribution in [0.25, 0.3) is 0 Å². The van der Waals surface area contributed by atoms with Gasteiger partial charge in [-0.2, -0.15) is 0 Å². The Labute approximate surface area is 63.9 Å². The van der Waals surface area contributed by atoms with Crippen molar-refractivity contribution in [1.82, 2.24) is 0 Å². The zero-order valence-electron chi connectivity index (χ0n) is 7.39. The summed E-state index contributed by atoms with van der Waals surface area (Å²) in [5.74, 6) is 0.646. The zero-order valence-corrected chi connectivity index (χ0v) is 7.39. The first-order chi connectivity index (χ1) is 4.63. The zero-order chi connectivity index (χ0) is 7.98. The fraction of sp³-hybridized carbons (Fsp3) is 0.667. The summed E-state index contributed by atoms with van der Waals surface area (Å²) in [4.78, 5) is 4.23.